The van der Waals surface area contributed by atoms with E-state index in [1.54, 1.807) is 0 Å². The normalized spacial score (nSPS) is 29.1. The molecule has 0 spiro atoms. The van der Waals surface area contributed by atoms with E-state index in [2.05, 4.69) is 29.2 Å². The highest BCUT2D eigenvalue weighted by atomic mass is 15.2. The third kappa shape index (κ3) is 2.14. The van der Waals surface area contributed by atoms with E-state index >= 15 is 0 Å². The second kappa shape index (κ2) is 4.93. The summed E-state index contributed by atoms with van der Waals surface area (Å²) in [5.74, 6) is 0.951. The molecule has 1 aromatic rings. The van der Waals surface area contributed by atoms with E-state index in [0.717, 1.165) is 12.0 Å². The van der Waals surface area contributed by atoms with E-state index in [9.17, 15) is 0 Å². The summed E-state index contributed by atoms with van der Waals surface area (Å²) in [4.78, 5) is 2.63. The van der Waals surface area contributed by atoms with Crippen molar-refractivity contribution in [2.45, 2.75) is 51.1 Å². The van der Waals surface area contributed by atoms with E-state index in [0.29, 0.717) is 0 Å². The first-order valence-corrected chi connectivity index (χ1v) is 7.38. The molecule has 1 heterocycles. The lowest BCUT2D eigenvalue weighted by Gasteiger charge is -2.33. The Balaban J connectivity index is 1.78. The van der Waals surface area contributed by atoms with Gasteiger partial charge >= 0.3 is 0 Å². The monoisotopic (exact) mass is 244 g/mol. The van der Waals surface area contributed by atoms with Crippen molar-refractivity contribution in [3.05, 3.63) is 29.8 Å². The number of anilines is 1. The summed E-state index contributed by atoms with van der Waals surface area (Å²) >= 11 is 0. The zero-order chi connectivity index (χ0) is 12.5. The first-order valence-electron chi connectivity index (χ1n) is 7.38. The topological polar surface area (TPSA) is 29.3 Å². The largest absolute Gasteiger partial charge is 0.368 e. The van der Waals surface area contributed by atoms with Crippen LogP contribution < -0.4 is 10.6 Å². The number of hydrogen-bond donors (Lipinski definition) is 1. The van der Waals surface area contributed by atoms with Gasteiger partial charge in [-0.05, 0) is 49.8 Å². The van der Waals surface area contributed by atoms with Crippen LogP contribution in [0.15, 0.2) is 24.3 Å². The molecule has 2 unspecified atom stereocenters. The minimum atomic E-state index is 0.139. The molecule has 1 saturated carbocycles. The second-order valence-electron chi connectivity index (χ2n) is 5.97. The van der Waals surface area contributed by atoms with Crippen molar-refractivity contribution >= 4 is 5.69 Å². The molecule has 2 nitrogen and oxygen atoms in total. The summed E-state index contributed by atoms with van der Waals surface area (Å²) in [7, 11) is 0. The van der Waals surface area contributed by atoms with Gasteiger partial charge < -0.3 is 10.6 Å². The zero-order valence-electron chi connectivity index (χ0n) is 11.3. The fraction of sp³-hybridized carbons (Fsp3) is 0.625. The highest BCUT2D eigenvalue weighted by Crippen LogP contribution is 2.38. The van der Waals surface area contributed by atoms with Gasteiger partial charge in [0, 0.05) is 24.3 Å². The summed E-state index contributed by atoms with van der Waals surface area (Å²) in [6.45, 7) is 3.29. The first kappa shape index (κ1) is 12.0. The van der Waals surface area contributed by atoms with Crippen molar-refractivity contribution in [2.75, 3.05) is 11.4 Å². The Kier molecular flexibility index (Phi) is 3.29. The summed E-state index contributed by atoms with van der Waals surface area (Å²) in [5.41, 5.74) is 8.54. The Morgan fingerprint density at radius 3 is 2.56 bits per heavy atom. The lowest BCUT2D eigenvalue weighted by atomic mass is 9.85. The van der Waals surface area contributed by atoms with E-state index < -0.39 is 0 Å². The summed E-state index contributed by atoms with van der Waals surface area (Å²) < 4.78 is 0. The van der Waals surface area contributed by atoms with Gasteiger partial charge in [-0.25, -0.2) is 0 Å². The van der Waals surface area contributed by atoms with Crippen LogP contribution in [0.1, 0.15) is 50.6 Å². The highest BCUT2D eigenvalue weighted by Gasteiger charge is 2.35. The maximum atomic E-state index is 5.91. The molecule has 0 radical (unpaired) electrons. The Hall–Kier alpha value is -1.02. The van der Waals surface area contributed by atoms with Gasteiger partial charge in [-0.1, -0.05) is 25.0 Å². The highest BCUT2D eigenvalue weighted by molar-refractivity contribution is 5.50. The van der Waals surface area contributed by atoms with E-state index in [-0.39, 0.29) is 6.04 Å². The van der Waals surface area contributed by atoms with Crippen LogP contribution in [-0.4, -0.2) is 12.6 Å². The van der Waals surface area contributed by atoms with Crippen LogP contribution in [0, 0.1) is 5.92 Å². The number of hydrogen-bond acceptors (Lipinski definition) is 2. The van der Waals surface area contributed by atoms with Crippen molar-refractivity contribution < 1.29 is 0 Å². The average molecular weight is 244 g/mol. The molecule has 18 heavy (non-hydrogen) atoms. The van der Waals surface area contributed by atoms with Crippen molar-refractivity contribution in [1.82, 2.24) is 0 Å². The summed E-state index contributed by atoms with van der Waals surface area (Å²) in [5, 5.41) is 0. The number of rotatable bonds is 2. The summed E-state index contributed by atoms with van der Waals surface area (Å²) in [6.07, 6.45) is 7.08. The molecule has 3 rings (SSSR count). The van der Waals surface area contributed by atoms with Crippen LogP contribution in [0.5, 0.6) is 0 Å². The van der Waals surface area contributed by atoms with Crippen LogP contribution in [0.25, 0.3) is 0 Å². The van der Waals surface area contributed by atoms with Gasteiger partial charge in [-0.2, -0.15) is 0 Å². The minimum absolute atomic E-state index is 0.139. The van der Waals surface area contributed by atoms with Crippen LogP contribution in [0.3, 0.4) is 0 Å². The third-order valence-corrected chi connectivity index (χ3v) is 4.76. The Bertz CT molecular complexity index is 396. The lowest BCUT2D eigenvalue weighted by molar-refractivity contribution is 0.342. The molecule has 98 valence electrons. The molecule has 0 aromatic heterocycles. The quantitative estimate of drug-likeness (QED) is 0.863. The molecule has 2 N–H and O–H groups in total. The van der Waals surface area contributed by atoms with Gasteiger partial charge in [-0.3, -0.25) is 0 Å². The minimum Gasteiger partial charge on any atom is -0.368 e. The van der Waals surface area contributed by atoms with Gasteiger partial charge in [-0.15, -0.1) is 0 Å². The predicted molar refractivity (Wildman–Crippen MR) is 76.8 cm³/mol. The molecule has 3 atom stereocenters. The SMILES string of the molecule is C[C@H](N)c1ccc(N2CCC3CCCCC32)cc1. The number of nitrogens with two attached hydrogens (primary N) is 1. The molecular formula is C16H24N2. The molecule has 0 bridgehead atoms. The molecule has 0 amide bonds. The molecule has 1 saturated heterocycles. The Morgan fingerprint density at radius 1 is 1.11 bits per heavy atom. The summed E-state index contributed by atoms with van der Waals surface area (Å²) in [6, 6.07) is 9.84. The van der Waals surface area contributed by atoms with Crippen molar-refractivity contribution in [3.8, 4) is 0 Å². The predicted octanol–water partition coefficient (Wildman–Crippen LogP) is 3.48. The van der Waals surface area contributed by atoms with Crippen LogP contribution in [0.2, 0.25) is 0 Å². The fourth-order valence-electron chi connectivity index (χ4n) is 3.70. The van der Waals surface area contributed by atoms with Gasteiger partial charge in [0.2, 0.25) is 0 Å². The van der Waals surface area contributed by atoms with Crippen molar-refractivity contribution in [3.63, 3.8) is 0 Å². The van der Waals surface area contributed by atoms with E-state index in [4.69, 9.17) is 5.73 Å². The van der Waals surface area contributed by atoms with Gasteiger partial charge in [0.1, 0.15) is 0 Å². The molecule has 1 aromatic carbocycles. The second-order valence-corrected chi connectivity index (χ2v) is 5.97. The molecule has 2 fully saturated rings. The lowest BCUT2D eigenvalue weighted by Crippen LogP contribution is -2.34. The average Bonchev–Trinajstić information content (AvgIpc) is 2.82. The maximum Gasteiger partial charge on any atom is 0.0369 e. The van der Waals surface area contributed by atoms with Crippen molar-refractivity contribution in [1.29, 1.82) is 0 Å². The smallest absolute Gasteiger partial charge is 0.0369 e. The maximum absolute atomic E-state index is 5.91. The number of benzene rings is 1. The van der Waals surface area contributed by atoms with Gasteiger partial charge in [0.25, 0.3) is 0 Å². The molecule has 2 aliphatic rings. The standard InChI is InChI=1S/C16H24N2/c1-12(17)13-6-8-15(9-7-13)18-11-10-14-4-2-3-5-16(14)18/h6-9,12,14,16H,2-5,10-11,17H2,1H3/t12-,14?,16?/m0/s1. The van der Waals surface area contributed by atoms with Crippen LogP contribution >= 0.6 is 0 Å². The van der Waals surface area contributed by atoms with E-state index in [1.165, 1.54) is 49.9 Å². The first-order chi connectivity index (χ1) is 8.75. The molecule has 1 aliphatic heterocycles. The molecule has 2 heteroatoms. The van der Waals surface area contributed by atoms with E-state index in [1.807, 2.05) is 6.92 Å². The molecular weight excluding hydrogens is 220 g/mol. The number of fused-ring (bicyclic) bond motifs is 1. The van der Waals surface area contributed by atoms with Crippen molar-refractivity contribution in [2.24, 2.45) is 11.7 Å². The van der Waals surface area contributed by atoms with Crippen LogP contribution in [-0.2, 0) is 0 Å². The van der Waals surface area contributed by atoms with Crippen LogP contribution in [0.4, 0.5) is 5.69 Å². The molecule has 1 aliphatic carbocycles. The Morgan fingerprint density at radius 2 is 1.83 bits per heavy atom. The van der Waals surface area contributed by atoms with Gasteiger partial charge in [0.15, 0.2) is 0 Å². The Labute approximate surface area is 110 Å². The van der Waals surface area contributed by atoms with Gasteiger partial charge in [0.05, 0.1) is 0 Å². The fourth-order valence-corrected chi connectivity index (χ4v) is 3.70. The number of nitrogens with zero attached hydrogens (tertiary/aromatic N) is 1. The zero-order valence-corrected chi connectivity index (χ0v) is 11.3. The third-order valence-electron chi connectivity index (χ3n) is 4.76.